The molecule has 1 aliphatic rings. The Balaban J connectivity index is 1.73. The van der Waals surface area contributed by atoms with Gasteiger partial charge in [-0.2, -0.15) is 0 Å². The lowest BCUT2D eigenvalue weighted by atomic mass is 10.0. The van der Waals surface area contributed by atoms with Crippen LogP contribution in [0.2, 0.25) is 5.02 Å². The summed E-state index contributed by atoms with van der Waals surface area (Å²) in [5.41, 5.74) is 3.31. The maximum atomic E-state index is 6.74. The van der Waals surface area contributed by atoms with Crippen molar-refractivity contribution in [3.8, 4) is 17.2 Å². The minimum absolute atomic E-state index is 0.734. The molecule has 0 saturated heterocycles. The van der Waals surface area contributed by atoms with Crippen molar-refractivity contribution in [3.05, 3.63) is 58.7 Å². The van der Waals surface area contributed by atoms with Gasteiger partial charge in [-0.05, 0) is 61.6 Å². The van der Waals surface area contributed by atoms with Crippen LogP contribution in [0.4, 0.5) is 0 Å². The van der Waals surface area contributed by atoms with E-state index in [1.807, 2.05) is 42.5 Å². The lowest BCUT2D eigenvalue weighted by Gasteiger charge is -2.13. The fourth-order valence-corrected chi connectivity index (χ4v) is 3.74. The highest BCUT2D eigenvalue weighted by Crippen LogP contribution is 2.35. The number of ether oxygens (including phenoxy) is 2. The molecule has 4 rings (SSSR count). The van der Waals surface area contributed by atoms with Crippen LogP contribution in [0.3, 0.4) is 0 Å². The molecule has 0 unspecified atom stereocenters. The molecule has 3 nitrogen and oxygen atoms in total. The zero-order valence-electron chi connectivity index (χ0n) is 14.2. The average Bonchev–Trinajstić information content (AvgIpc) is 2.88. The topological polar surface area (TPSA) is 31.4 Å². The minimum Gasteiger partial charge on any atom is -0.497 e. The number of aryl methyl sites for hydroxylation is 1. The summed E-state index contributed by atoms with van der Waals surface area (Å²) in [5, 5.41) is 1.79. The van der Waals surface area contributed by atoms with Gasteiger partial charge in [-0.3, -0.25) is 4.98 Å². The molecule has 0 bridgehead atoms. The van der Waals surface area contributed by atoms with E-state index in [2.05, 4.69) is 0 Å². The van der Waals surface area contributed by atoms with Crippen molar-refractivity contribution in [2.45, 2.75) is 32.1 Å². The quantitative estimate of drug-likeness (QED) is 0.544. The van der Waals surface area contributed by atoms with Crippen LogP contribution in [-0.4, -0.2) is 12.1 Å². The molecule has 0 aliphatic heterocycles. The van der Waals surface area contributed by atoms with E-state index in [-0.39, 0.29) is 0 Å². The third-order valence-corrected chi connectivity index (χ3v) is 5.12. The number of hydrogen-bond acceptors (Lipinski definition) is 3. The first-order valence-corrected chi connectivity index (χ1v) is 9.05. The number of benzene rings is 2. The molecule has 0 atom stereocenters. The fraction of sp³-hybridized carbons (Fsp3) is 0.286. The van der Waals surface area contributed by atoms with E-state index in [1.165, 1.54) is 24.8 Å². The molecule has 3 aromatic rings. The van der Waals surface area contributed by atoms with Crippen LogP contribution in [0.5, 0.6) is 17.2 Å². The Labute approximate surface area is 152 Å². The molecule has 2 aromatic carbocycles. The molecule has 0 amide bonds. The summed E-state index contributed by atoms with van der Waals surface area (Å²) >= 11 is 6.74. The Morgan fingerprint density at radius 2 is 1.72 bits per heavy atom. The largest absolute Gasteiger partial charge is 0.497 e. The highest BCUT2D eigenvalue weighted by atomic mass is 35.5. The van der Waals surface area contributed by atoms with Gasteiger partial charge >= 0.3 is 0 Å². The number of methoxy groups -OCH3 is 1. The molecule has 4 heteroatoms. The summed E-state index contributed by atoms with van der Waals surface area (Å²) in [6, 6.07) is 13.5. The Hall–Kier alpha value is -2.26. The van der Waals surface area contributed by atoms with Crippen LogP contribution >= 0.6 is 11.6 Å². The molecule has 0 spiro atoms. The number of pyridine rings is 1. The van der Waals surface area contributed by atoms with Gasteiger partial charge in [-0.1, -0.05) is 24.1 Å². The van der Waals surface area contributed by atoms with Crippen molar-refractivity contribution in [3.63, 3.8) is 0 Å². The van der Waals surface area contributed by atoms with Crippen molar-refractivity contribution in [2.24, 2.45) is 0 Å². The normalized spacial score (nSPS) is 14.0. The predicted octanol–water partition coefficient (Wildman–Crippen LogP) is 5.96. The second-order valence-corrected chi connectivity index (χ2v) is 6.75. The second-order valence-electron chi connectivity index (χ2n) is 6.37. The second kappa shape index (κ2) is 6.93. The number of nitrogens with zero attached hydrogens (tertiary/aromatic N) is 1. The highest BCUT2D eigenvalue weighted by Gasteiger charge is 2.16. The van der Waals surface area contributed by atoms with Crippen LogP contribution in [-0.2, 0) is 12.8 Å². The summed E-state index contributed by atoms with van der Waals surface area (Å²) in [5.74, 6) is 2.25. The van der Waals surface area contributed by atoms with E-state index in [0.717, 1.165) is 51.7 Å². The van der Waals surface area contributed by atoms with Crippen LogP contribution in [0, 0.1) is 0 Å². The van der Waals surface area contributed by atoms with E-state index in [9.17, 15) is 0 Å². The van der Waals surface area contributed by atoms with Gasteiger partial charge in [0, 0.05) is 17.1 Å². The number of rotatable bonds is 3. The van der Waals surface area contributed by atoms with Crippen LogP contribution in [0.25, 0.3) is 10.9 Å². The number of aromatic nitrogens is 1. The third-order valence-electron chi connectivity index (χ3n) is 4.69. The predicted molar refractivity (Wildman–Crippen MR) is 101 cm³/mol. The van der Waals surface area contributed by atoms with Gasteiger partial charge in [0.1, 0.15) is 17.2 Å². The van der Waals surface area contributed by atoms with Crippen LogP contribution < -0.4 is 9.47 Å². The number of halogens is 1. The standard InChI is InChI=1S/C21H20ClNO2/c1-24-14-6-5-7-15(12-14)25-16-10-11-20-18(13-16)21(22)17-8-3-2-4-9-19(17)23-20/h5-7,10-13H,2-4,8-9H2,1H3. The monoisotopic (exact) mass is 353 g/mol. The lowest BCUT2D eigenvalue weighted by Crippen LogP contribution is -1.98. The number of hydrogen-bond donors (Lipinski definition) is 0. The van der Waals surface area contributed by atoms with Gasteiger partial charge in [0.15, 0.2) is 0 Å². The lowest BCUT2D eigenvalue weighted by molar-refractivity contribution is 0.409. The Bertz CT molecular complexity index is 923. The molecular formula is C21H20ClNO2. The van der Waals surface area contributed by atoms with Gasteiger partial charge in [0.2, 0.25) is 0 Å². The summed E-state index contributed by atoms with van der Waals surface area (Å²) in [4.78, 5) is 4.85. The van der Waals surface area contributed by atoms with Gasteiger partial charge in [-0.25, -0.2) is 0 Å². The zero-order chi connectivity index (χ0) is 17.2. The molecule has 1 aromatic heterocycles. The van der Waals surface area contributed by atoms with Crippen molar-refractivity contribution in [1.29, 1.82) is 0 Å². The van der Waals surface area contributed by atoms with Gasteiger partial charge in [0.25, 0.3) is 0 Å². The van der Waals surface area contributed by atoms with Gasteiger partial charge in [0.05, 0.1) is 17.6 Å². The van der Waals surface area contributed by atoms with Crippen molar-refractivity contribution >= 4 is 22.5 Å². The third kappa shape index (κ3) is 3.29. The average molecular weight is 354 g/mol. The fourth-order valence-electron chi connectivity index (χ4n) is 3.39. The minimum atomic E-state index is 0.734. The van der Waals surface area contributed by atoms with Crippen LogP contribution in [0.15, 0.2) is 42.5 Å². The Morgan fingerprint density at radius 3 is 2.60 bits per heavy atom. The number of fused-ring (bicyclic) bond motifs is 2. The molecule has 0 radical (unpaired) electrons. The first-order chi connectivity index (χ1) is 12.2. The molecule has 0 saturated carbocycles. The van der Waals surface area contributed by atoms with Gasteiger partial charge in [-0.15, -0.1) is 0 Å². The van der Waals surface area contributed by atoms with Gasteiger partial charge < -0.3 is 9.47 Å². The highest BCUT2D eigenvalue weighted by molar-refractivity contribution is 6.36. The summed E-state index contributed by atoms with van der Waals surface area (Å²) in [6.07, 6.45) is 5.65. The molecular weight excluding hydrogens is 334 g/mol. The van der Waals surface area contributed by atoms with Crippen molar-refractivity contribution in [1.82, 2.24) is 4.98 Å². The SMILES string of the molecule is COc1cccc(Oc2ccc3nc4c(c(Cl)c3c2)CCCCC4)c1. The van der Waals surface area contributed by atoms with E-state index in [1.54, 1.807) is 7.11 Å². The van der Waals surface area contributed by atoms with E-state index < -0.39 is 0 Å². The molecule has 1 aliphatic carbocycles. The maximum Gasteiger partial charge on any atom is 0.131 e. The summed E-state index contributed by atoms with van der Waals surface area (Å²) in [7, 11) is 1.65. The summed E-state index contributed by atoms with van der Waals surface area (Å²) < 4.78 is 11.2. The summed E-state index contributed by atoms with van der Waals surface area (Å²) in [6.45, 7) is 0. The maximum absolute atomic E-state index is 6.74. The van der Waals surface area contributed by atoms with E-state index in [4.69, 9.17) is 26.1 Å². The smallest absolute Gasteiger partial charge is 0.131 e. The van der Waals surface area contributed by atoms with E-state index in [0.29, 0.717) is 0 Å². The Kier molecular flexibility index (Phi) is 4.50. The first kappa shape index (κ1) is 16.2. The molecule has 25 heavy (non-hydrogen) atoms. The van der Waals surface area contributed by atoms with E-state index >= 15 is 0 Å². The van der Waals surface area contributed by atoms with Crippen molar-refractivity contribution in [2.75, 3.05) is 7.11 Å². The van der Waals surface area contributed by atoms with Crippen molar-refractivity contribution < 1.29 is 9.47 Å². The molecule has 0 fully saturated rings. The molecule has 1 heterocycles. The first-order valence-electron chi connectivity index (χ1n) is 8.67. The molecule has 0 N–H and O–H groups in total. The Morgan fingerprint density at radius 1 is 0.920 bits per heavy atom. The zero-order valence-corrected chi connectivity index (χ0v) is 15.0. The van der Waals surface area contributed by atoms with Crippen LogP contribution in [0.1, 0.15) is 30.5 Å². The molecule has 128 valence electrons.